The Hall–Kier alpha value is -2.30. The Morgan fingerprint density at radius 1 is 1.00 bits per heavy atom. The summed E-state index contributed by atoms with van der Waals surface area (Å²) in [7, 11) is -7.39. The van der Waals surface area contributed by atoms with Crippen molar-refractivity contribution >= 4 is 25.8 Å². The predicted molar refractivity (Wildman–Crippen MR) is 108 cm³/mol. The Kier molecular flexibility index (Phi) is 7.88. The van der Waals surface area contributed by atoms with Crippen molar-refractivity contribution in [2.45, 2.75) is 23.8 Å². The zero-order valence-electron chi connectivity index (χ0n) is 15.8. The Morgan fingerprint density at radius 3 is 2.21 bits per heavy atom. The Morgan fingerprint density at radius 2 is 1.62 bits per heavy atom. The number of benzene rings is 2. The van der Waals surface area contributed by atoms with Crippen LogP contribution in [0.1, 0.15) is 12.0 Å². The van der Waals surface area contributed by atoms with Crippen LogP contribution in [0.5, 0.6) is 0 Å². The number of rotatable bonds is 10. The first-order chi connectivity index (χ1) is 13.6. The molecule has 158 valence electrons. The molecule has 0 aliphatic heterocycles. The molecule has 2 rings (SSSR count). The first-order valence-corrected chi connectivity index (χ1v) is 12.4. The van der Waals surface area contributed by atoms with Crippen molar-refractivity contribution in [3.63, 3.8) is 0 Å². The zero-order chi connectivity index (χ0) is 21.5. The molecule has 0 aliphatic carbocycles. The molecule has 1 amide bonds. The number of sulfonamides is 1. The first kappa shape index (κ1) is 23.0. The van der Waals surface area contributed by atoms with E-state index in [4.69, 9.17) is 0 Å². The maximum atomic E-state index is 12.9. The number of carbonyl (C=O) groups is 1. The molecule has 1 unspecified atom stereocenters. The van der Waals surface area contributed by atoms with E-state index in [1.807, 2.05) is 0 Å². The van der Waals surface area contributed by atoms with Crippen molar-refractivity contribution in [3.8, 4) is 0 Å². The maximum absolute atomic E-state index is 12.9. The summed E-state index contributed by atoms with van der Waals surface area (Å²) in [6.45, 7) is 0.187. The molecule has 0 saturated heterocycles. The van der Waals surface area contributed by atoms with E-state index in [9.17, 15) is 26.0 Å². The van der Waals surface area contributed by atoms with Crippen LogP contribution in [0.2, 0.25) is 0 Å². The van der Waals surface area contributed by atoms with E-state index in [0.717, 1.165) is 11.8 Å². The van der Waals surface area contributed by atoms with Crippen LogP contribution in [0.3, 0.4) is 0 Å². The molecule has 0 heterocycles. The van der Waals surface area contributed by atoms with Gasteiger partial charge < -0.3 is 5.32 Å². The van der Waals surface area contributed by atoms with Crippen LogP contribution >= 0.6 is 0 Å². The third kappa shape index (κ3) is 7.92. The Labute approximate surface area is 170 Å². The normalized spacial score (nSPS) is 13.0. The highest BCUT2D eigenvalue weighted by Crippen LogP contribution is 2.10. The highest BCUT2D eigenvalue weighted by molar-refractivity contribution is 7.90. The van der Waals surface area contributed by atoms with Crippen LogP contribution in [0, 0.1) is 5.82 Å². The van der Waals surface area contributed by atoms with E-state index >= 15 is 0 Å². The minimum Gasteiger partial charge on any atom is -0.354 e. The summed E-state index contributed by atoms with van der Waals surface area (Å²) in [6.07, 6.45) is 1.23. The summed E-state index contributed by atoms with van der Waals surface area (Å²) in [5.74, 6) is -1.34. The molecule has 2 aromatic rings. The molecule has 1 atom stereocenters. The summed E-state index contributed by atoms with van der Waals surface area (Å²) in [4.78, 5) is 12.5. The van der Waals surface area contributed by atoms with Gasteiger partial charge in [-0.2, -0.15) is 4.72 Å². The van der Waals surface area contributed by atoms with Gasteiger partial charge in [0.1, 0.15) is 21.7 Å². The van der Waals surface area contributed by atoms with Crippen LogP contribution in [0.25, 0.3) is 0 Å². The van der Waals surface area contributed by atoms with E-state index < -0.39 is 31.8 Å². The lowest BCUT2D eigenvalue weighted by atomic mass is 10.1. The fourth-order valence-corrected chi connectivity index (χ4v) is 4.45. The highest BCUT2D eigenvalue weighted by Gasteiger charge is 2.26. The lowest BCUT2D eigenvalue weighted by Gasteiger charge is -2.18. The number of halogens is 1. The van der Waals surface area contributed by atoms with Crippen LogP contribution in [0.15, 0.2) is 59.5 Å². The van der Waals surface area contributed by atoms with E-state index in [-0.39, 0.29) is 29.4 Å². The van der Waals surface area contributed by atoms with Crippen molar-refractivity contribution in [2.75, 3.05) is 18.6 Å². The average Bonchev–Trinajstić information content (AvgIpc) is 2.66. The smallest absolute Gasteiger partial charge is 0.241 e. The van der Waals surface area contributed by atoms with Crippen molar-refractivity contribution < 1.29 is 26.0 Å². The molecule has 0 spiro atoms. The third-order valence-corrected chi connectivity index (χ3v) is 6.54. The predicted octanol–water partition coefficient (Wildman–Crippen LogP) is 1.27. The fourth-order valence-electron chi connectivity index (χ4n) is 2.53. The van der Waals surface area contributed by atoms with Gasteiger partial charge in [0, 0.05) is 12.8 Å². The van der Waals surface area contributed by atoms with Gasteiger partial charge in [-0.1, -0.05) is 30.3 Å². The molecule has 0 aromatic heterocycles. The van der Waals surface area contributed by atoms with Gasteiger partial charge >= 0.3 is 0 Å². The van der Waals surface area contributed by atoms with Crippen molar-refractivity contribution in [3.05, 3.63) is 66.0 Å². The van der Waals surface area contributed by atoms with E-state index in [1.165, 1.54) is 24.3 Å². The SMILES string of the molecule is CS(=O)(=O)CCC(NS(=O)(=O)c1ccccc1)C(=O)NCCc1ccc(F)cc1. The molecule has 0 bridgehead atoms. The molecule has 0 aliphatic rings. The molecule has 2 N–H and O–H groups in total. The first-order valence-electron chi connectivity index (χ1n) is 8.84. The van der Waals surface area contributed by atoms with Gasteiger partial charge in [-0.05, 0) is 42.7 Å². The minimum atomic E-state index is -4.00. The summed E-state index contributed by atoms with van der Waals surface area (Å²) < 4.78 is 63.2. The second-order valence-corrected chi connectivity index (χ2v) is 10.5. The quantitative estimate of drug-likeness (QED) is 0.576. The van der Waals surface area contributed by atoms with Crippen LogP contribution < -0.4 is 10.0 Å². The summed E-state index contributed by atoms with van der Waals surface area (Å²) in [5.41, 5.74) is 0.796. The van der Waals surface area contributed by atoms with Crippen LogP contribution in [-0.4, -0.2) is 47.3 Å². The Bertz CT molecular complexity index is 1020. The minimum absolute atomic E-state index is 0.0246. The molecule has 10 heteroatoms. The Balaban J connectivity index is 2.05. The molecule has 0 saturated carbocycles. The molecule has 0 radical (unpaired) electrons. The van der Waals surface area contributed by atoms with Gasteiger partial charge in [0.2, 0.25) is 15.9 Å². The zero-order valence-corrected chi connectivity index (χ0v) is 17.5. The lowest BCUT2D eigenvalue weighted by molar-refractivity contribution is -0.122. The number of nitrogens with one attached hydrogen (secondary N) is 2. The molecular weight excluding hydrogens is 419 g/mol. The number of carbonyl (C=O) groups excluding carboxylic acids is 1. The van der Waals surface area contributed by atoms with Gasteiger partial charge in [0.25, 0.3) is 0 Å². The van der Waals surface area contributed by atoms with E-state index in [2.05, 4.69) is 10.0 Å². The van der Waals surface area contributed by atoms with Gasteiger partial charge in [-0.15, -0.1) is 0 Å². The maximum Gasteiger partial charge on any atom is 0.241 e. The molecule has 2 aromatic carbocycles. The van der Waals surface area contributed by atoms with E-state index in [0.29, 0.717) is 6.42 Å². The van der Waals surface area contributed by atoms with Crippen LogP contribution in [-0.2, 0) is 31.1 Å². The topological polar surface area (TPSA) is 109 Å². The number of hydrogen-bond acceptors (Lipinski definition) is 5. The van der Waals surface area contributed by atoms with Gasteiger partial charge in [-0.25, -0.2) is 21.2 Å². The summed E-state index contributed by atoms with van der Waals surface area (Å²) in [6, 6.07) is 12.0. The summed E-state index contributed by atoms with van der Waals surface area (Å²) >= 11 is 0. The molecular formula is C19H23FN2O5S2. The van der Waals surface area contributed by atoms with E-state index in [1.54, 1.807) is 30.3 Å². The summed E-state index contributed by atoms with van der Waals surface area (Å²) in [5, 5.41) is 2.60. The molecule has 29 heavy (non-hydrogen) atoms. The second kappa shape index (κ2) is 9.95. The van der Waals surface area contributed by atoms with Crippen LogP contribution in [0.4, 0.5) is 4.39 Å². The van der Waals surface area contributed by atoms with Crippen molar-refractivity contribution in [2.24, 2.45) is 0 Å². The molecule has 7 nitrogen and oxygen atoms in total. The average molecular weight is 443 g/mol. The van der Waals surface area contributed by atoms with Gasteiger partial charge in [-0.3, -0.25) is 4.79 Å². The van der Waals surface area contributed by atoms with Crippen molar-refractivity contribution in [1.82, 2.24) is 10.0 Å². The number of amides is 1. The van der Waals surface area contributed by atoms with Crippen molar-refractivity contribution in [1.29, 1.82) is 0 Å². The monoisotopic (exact) mass is 442 g/mol. The number of sulfone groups is 1. The third-order valence-electron chi connectivity index (χ3n) is 4.07. The van der Waals surface area contributed by atoms with Gasteiger partial charge in [0.15, 0.2) is 0 Å². The highest BCUT2D eigenvalue weighted by atomic mass is 32.2. The largest absolute Gasteiger partial charge is 0.354 e. The second-order valence-electron chi connectivity index (χ2n) is 6.57. The molecule has 0 fully saturated rings. The van der Waals surface area contributed by atoms with Gasteiger partial charge in [0.05, 0.1) is 10.6 Å². The lowest BCUT2D eigenvalue weighted by Crippen LogP contribution is -2.47. The number of hydrogen-bond donors (Lipinski definition) is 2. The standard InChI is InChI=1S/C19H23FN2O5S2/c1-28(24,25)14-12-18(22-29(26,27)17-5-3-2-4-6-17)19(23)21-13-11-15-7-9-16(20)10-8-15/h2-10,18,22H,11-14H2,1H3,(H,21,23). The fraction of sp³-hybridized carbons (Fsp3) is 0.316.